The van der Waals surface area contributed by atoms with E-state index in [0.717, 1.165) is 12.3 Å². The van der Waals surface area contributed by atoms with Crippen LogP contribution in [0, 0.1) is 0 Å². The van der Waals surface area contributed by atoms with Crippen LogP contribution < -0.4 is 0 Å². The highest BCUT2D eigenvalue weighted by Crippen LogP contribution is 2.58. The van der Waals surface area contributed by atoms with E-state index in [0.29, 0.717) is 0 Å². The molecule has 1 aliphatic carbocycles. The molecule has 14 heavy (non-hydrogen) atoms. The van der Waals surface area contributed by atoms with E-state index < -0.39 is 11.6 Å². The van der Waals surface area contributed by atoms with Gasteiger partial charge in [0.05, 0.1) is 11.6 Å². The van der Waals surface area contributed by atoms with Crippen molar-refractivity contribution in [2.45, 2.75) is 24.4 Å². The van der Waals surface area contributed by atoms with Crippen LogP contribution >= 0.6 is 0 Å². The van der Waals surface area contributed by atoms with Crippen LogP contribution in [0.3, 0.4) is 0 Å². The second kappa shape index (κ2) is 2.62. The van der Waals surface area contributed by atoms with Crippen LogP contribution in [0.1, 0.15) is 18.4 Å². The van der Waals surface area contributed by atoms with Crippen molar-refractivity contribution in [2.24, 2.45) is 0 Å². The number of hydrogen-bond donors (Lipinski definition) is 1. The molecule has 0 spiro atoms. The minimum absolute atomic E-state index is 0.0602. The zero-order valence-corrected chi connectivity index (χ0v) is 7.17. The van der Waals surface area contributed by atoms with Crippen molar-refractivity contribution in [1.29, 1.82) is 0 Å². The number of aromatic nitrogens is 1. The average molecular weight is 203 g/mol. The lowest BCUT2D eigenvalue weighted by atomic mass is 9.97. The molecule has 0 bridgehead atoms. The highest BCUT2D eigenvalue weighted by molar-refractivity contribution is 5.35. The van der Waals surface area contributed by atoms with Crippen molar-refractivity contribution in [3.05, 3.63) is 24.0 Å². The summed E-state index contributed by atoms with van der Waals surface area (Å²) < 4.78 is 37.8. The molecule has 0 unspecified atom stereocenters. The summed E-state index contributed by atoms with van der Waals surface area (Å²) in [4.78, 5) is 3.55. The van der Waals surface area contributed by atoms with Gasteiger partial charge in [-0.05, 0) is 24.5 Å². The number of aromatic hydroxyl groups is 1. The molecule has 0 saturated heterocycles. The summed E-state index contributed by atoms with van der Waals surface area (Å²) in [5.74, 6) is -0.224. The molecule has 0 aromatic carbocycles. The first-order valence-corrected chi connectivity index (χ1v) is 4.17. The zero-order valence-electron chi connectivity index (χ0n) is 7.17. The zero-order chi connectivity index (χ0) is 10.4. The summed E-state index contributed by atoms with van der Waals surface area (Å²) in [7, 11) is 0. The Morgan fingerprint density at radius 1 is 1.29 bits per heavy atom. The summed E-state index contributed by atoms with van der Waals surface area (Å²) in [6, 6.07) is 1.13. The Kier molecular flexibility index (Phi) is 1.74. The molecule has 1 aliphatic rings. The predicted molar refractivity (Wildman–Crippen MR) is 42.9 cm³/mol. The molecule has 0 amide bonds. The Bertz CT molecular complexity index is 357. The lowest BCUT2D eigenvalue weighted by Gasteiger charge is -2.18. The Morgan fingerprint density at radius 3 is 2.36 bits per heavy atom. The number of halogens is 3. The molecule has 1 aromatic rings. The first-order valence-electron chi connectivity index (χ1n) is 4.17. The molecule has 2 nitrogen and oxygen atoms in total. The van der Waals surface area contributed by atoms with E-state index in [1.165, 1.54) is 6.20 Å². The molecule has 0 atom stereocenters. The number of nitrogens with zero attached hydrogens (tertiary/aromatic N) is 1. The van der Waals surface area contributed by atoms with Gasteiger partial charge in [-0.2, -0.15) is 13.2 Å². The summed E-state index contributed by atoms with van der Waals surface area (Å²) in [6.45, 7) is 0. The van der Waals surface area contributed by atoms with Crippen LogP contribution in [-0.4, -0.2) is 16.3 Å². The topological polar surface area (TPSA) is 33.1 Å². The highest BCUT2D eigenvalue weighted by Gasteiger charge is 2.64. The van der Waals surface area contributed by atoms with Gasteiger partial charge in [-0.25, -0.2) is 0 Å². The second-order valence-electron chi connectivity index (χ2n) is 3.51. The minimum atomic E-state index is -4.25. The average Bonchev–Trinajstić information content (AvgIpc) is 2.82. The van der Waals surface area contributed by atoms with Crippen molar-refractivity contribution in [2.75, 3.05) is 0 Å². The molecule has 1 saturated carbocycles. The van der Waals surface area contributed by atoms with E-state index >= 15 is 0 Å². The second-order valence-corrected chi connectivity index (χ2v) is 3.51. The minimum Gasteiger partial charge on any atom is -0.506 e. The van der Waals surface area contributed by atoms with Gasteiger partial charge in [-0.3, -0.25) is 4.98 Å². The summed E-state index contributed by atoms with van der Waals surface area (Å²) in [5.41, 5.74) is -1.69. The van der Waals surface area contributed by atoms with Crippen LogP contribution in [0.25, 0.3) is 0 Å². The summed E-state index contributed by atoms with van der Waals surface area (Å²) >= 11 is 0. The van der Waals surface area contributed by atoms with Gasteiger partial charge in [0.2, 0.25) is 0 Å². The first kappa shape index (κ1) is 9.30. The molecule has 1 fully saturated rings. The molecular formula is C9H8F3NO. The van der Waals surface area contributed by atoms with Crippen LogP contribution in [0.5, 0.6) is 5.75 Å². The largest absolute Gasteiger partial charge is 0.506 e. The van der Waals surface area contributed by atoms with E-state index in [9.17, 15) is 13.2 Å². The normalized spacial score (nSPS) is 19.4. The maximum Gasteiger partial charge on any atom is 0.398 e. The Hall–Kier alpha value is -1.26. The third-order valence-electron chi connectivity index (χ3n) is 2.57. The fourth-order valence-corrected chi connectivity index (χ4v) is 1.55. The smallest absolute Gasteiger partial charge is 0.398 e. The van der Waals surface area contributed by atoms with Gasteiger partial charge in [0.25, 0.3) is 0 Å². The van der Waals surface area contributed by atoms with E-state index in [1.54, 1.807) is 0 Å². The van der Waals surface area contributed by atoms with Gasteiger partial charge in [-0.1, -0.05) is 0 Å². The van der Waals surface area contributed by atoms with Crippen LogP contribution in [-0.2, 0) is 5.41 Å². The highest BCUT2D eigenvalue weighted by atomic mass is 19.4. The maximum absolute atomic E-state index is 12.6. The standard InChI is InChI=1S/C9H8F3NO/c10-9(11,12)8(1-2-8)6-3-7(14)5-13-4-6/h3-5,14H,1-2H2. The number of alkyl halides is 3. The van der Waals surface area contributed by atoms with Crippen LogP contribution in [0.15, 0.2) is 18.5 Å². The number of pyridine rings is 1. The molecule has 2 rings (SSSR count). The van der Waals surface area contributed by atoms with Gasteiger partial charge in [0.1, 0.15) is 5.75 Å². The lowest BCUT2D eigenvalue weighted by Crippen LogP contribution is -2.28. The molecule has 0 aliphatic heterocycles. The summed E-state index contributed by atoms with van der Waals surface area (Å²) in [5, 5.41) is 9.04. The molecule has 5 heteroatoms. The van der Waals surface area contributed by atoms with Crippen molar-refractivity contribution in [3.8, 4) is 5.75 Å². The number of rotatable bonds is 1. The van der Waals surface area contributed by atoms with Gasteiger partial charge in [-0.15, -0.1) is 0 Å². The van der Waals surface area contributed by atoms with E-state index in [-0.39, 0.29) is 24.2 Å². The van der Waals surface area contributed by atoms with Crippen molar-refractivity contribution in [3.63, 3.8) is 0 Å². The quantitative estimate of drug-likeness (QED) is 0.760. The Balaban J connectivity index is 2.41. The molecular weight excluding hydrogens is 195 g/mol. The molecule has 1 N–H and O–H groups in total. The van der Waals surface area contributed by atoms with Crippen molar-refractivity contribution < 1.29 is 18.3 Å². The first-order chi connectivity index (χ1) is 6.46. The van der Waals surface area contributed by atoms with Crippen molar-refractivity contribution >= 4 is 0 Å². The predicted octanol–water partition coefficient (Wildman–Crippen LogP) is 2.38. The van der Waals surface area contributed by atoms with Gasteiger partial charge >= 0.3 is 6.18 Å². The van der Waals surface area contributed by atoms with Gasteiger partial charge in [0.15, 0.2) is 0 Å². The monoisotopic (exact) mass is 203 g/mol. The number of hydrogen-bond acceptors (Lipinski definition) is 2. The third kappa shape index (κ3) is 1.23. The fourth-order valence-electron chi connectivity index (χ4n) is 1.55. The van der Waals surface area contributed by atoms with E-state index in [1.807, 2.05) is 0 Å². The van der Waals surface area contributed by atoms with Crippen molar-refractivity contribution in [1.82, 2.24) is 4.98 Å². The summed E-state index contributed by atoms with van der Waals surface area (Å²) in [6.07, 6.45) is -1.79. The van der Waals surface area contributed by atoms with E-state index in [4.69, 9.17) is 5.11 Å². The van der Waals surface area contributed by atoms with Gasteiger partial charge < -0.3 is 5.11 Å². The van der Waals surface area contributed by atoms with E-state index in [2.05, 4.69) is 4.98 Å². The molecule has 1 heterocycles. The molecule has 76 valence electrons. The third-order valence-corrected chi connectivity index (χ3v) is 2.57. The molecule has 1 aromatic heterocycles. The Labute approximate surface area is 78.4 Å². The van der Waals surface area contributed by atoms with Crippen LogP contribution in [0.2, 0.25) is 0 Å². The fraction of sp³-hybridized carbons (Fsp3) is 0.444. The van der Waals surface area contributed by atoms with Gasteiger partial charge in [0, 0.05) is 6.20 Å². The SMILES string of the molecule is Oc1cncc(C2(C(F)(F)F)CC2)c1. The lowest BCUT2D eigenvalue weighted by molar-refractivity contribution is -0.160. The maximum atomic E-state index is 12.6. The molecule has 0 radical (unpaired) electrons. The van der Waals surface area contributed by atoms with Crippen LogP contribution in [0.4, 0.5) is 13.2 Å². The Morgan fingerprint density at radius 2 is 1.93 bits per heavy atom.